The normalized spacial score (nSPS) is 21.2. The van der Waals surface area contributed by atoms with Crippen molar-refractivity contribution in [1.29, 1.82) is 0 Å². The lowest BCUT2D eigenvalue weighted by Gasteiger charge is -2.24. The van der Waals surface area contributed by atoms with Crippen LogP contribution in [0.4, 0.5) is 0 Å². The quantitative estimate of drug-likeness (QED) is 0.909. The molecule has 2 N–H and O–H groups in total. The molecule has 1 fully saturated rings. The number of aryl methyl sites for hydroxylation is 2. The smallest absolute Gasteiger partial charge is 0.330 e. The lowest BCUT2D eigenvalue weighted by Crippen LogP contribution is -2.54. The molecular weight excluding hydrogens is 302 g/mol. The van der Waals surface area contributed by atoms with Gasteiger partial charge in [0.15, 0.2) is 5.76 Å². The van der Waals surface area contributed by atoms with E-state index in [-0.39, 0.29) is 5.76 Å². The molecule has 1 aliphatic rings. The number of aliphatic carboxylic acids is 1. The van der Waals surface area contributed by atoms with E-state index in [4.69, 9.17) is 4.42 Å². The van der Waals surface area contributed by atoms with Crippen LogP contribution in [0.25, 0.3) is 11.0 Å². The van der Waals surface area contributed by atoms with Crippen LogP contribution in [0.15, 0.2) is 22.6 Å². The zero-order chi connectivity index (χ0) is 15.9. The van der Waals surface area contributed by atoms with Gasteiger partial charge in [0, 0.05) is 16.7 Å². The lowest BCUT2D eigenvalue weighted by atomic mass is 9.99. The van der Waals surface area contributed by atoms with Gasteiger partial charge in [-0.05, 0) is 31.6 Å². The highest BCUT2D eigenvalue weighted by Crippen LogP contribution is 2.31. The highest BCUT2D eigenvalue weighted by molar-refractivity contribution is 7.99. The molecule has 1 unspecified atom stereocenters. The van der Waals surface area contributed by atoms with Crippen molar-refractivity contribution in [3.05, 3.63) is 35.1 Å². The number of hydrogen-bond acceptors (Lipinski definition) is 4. The largest absolute Gasteiger partial charge is 0.479 e. The maximum absolute atomic E-state index is 12.5. The number of benzene rings is 1. The Hall–Kier alpha value is -1.95. The first kappa shape index (κ1) is 15.0. The first-order valence-corrected chi connectivity index (χ1v) is 8.22. The van der Waals surface area contributed by atoms with Gasteiger partial charge in [-0.15, -0.1) is 0 Å². The molecule has 1 amide bonds. The predicted octanol–water partition coefficient (Wildman–Crippen LogP) is 2.74. The van der Waals surface area contributed by atoms with Gasteiger partial charge in [0.25, 0.3) is 5.91 Å². The second-order valence-electron chi connectivity index (χ2n) is 5.65. The Bertz CT molecular complexity index is 759. The average Bonchev–Trinajstić information content (AvgIpc) is 3.06. The molecule has 1 aromatic carbocycles. The van der Waals surface area contributed by atoms with Crippen LogP contribution < -0.4 is 5.32 Å². The topological polar surface area (TPSA) is 79.5 Å². The van der Waals surface area contributed by atoms with Crippen LogP contribution in [0, 0.1) is 13.8 Å². The minimum absolute atomic E-state index is 0.196. The van der Waals surface area contributed by atoms with Gasteiger partial charge in [-0.2, -0.15) is 11.8 Å². The summed E-state index contributed by atoms with van der Waals surface area (Å²) >= 11 is 1.53. The van der Waals surface area contributed by atoms with Gasteiger partial charge in [0.05, 0.1) is 0 Å². The van der Waals surface area contributed by atoms with E-state index in [9.17, 15) is 14.7 Å². The summed E-state index contributed by atoms with van der Waals surface area (Å²) in [7, 11) is 0. The van der Waals surface area contributed by atoms with E-state index in [0.717, 1.165) is 22.3 Å². The minimum atomic E-state index is -1.19. The van der Waals surface area contributed by atoms with Crippen LogP contribution in [0.1, 0.15) is 28.1 Å². The summed E-state index contributed by atoms with van der Waals surface area (Å²) in [5.41, 5.74) is 1.17. The van der Waals surface area contributed by atoms with Crippen molar-refractivity contribution in [2.45, 2.75) is 25.8 Å². The first-order valence-electron chi connectivity index (χ1n) is 7.07. The van der Waals surface area contributed by atoms with Gasteiger partial charge >= 0.3 is 5.97 Å². The summed E-state index contributed by atoms with van der Waals surface area (Å²) in [6.45, 7) is 3.73. The number of hydrogen-bond donors (Lipinski definition) is 2. The standard InChI is InChI=1S/C16H17NO4S/c1-9-4-3-5-11-10(2)13(21-12(9)11)14(18)17-16(15(19)20)6-7-22-8-16/h3-5H,6-8H2,1-2H3,(H,17,18)(H,19,20). The second kappa shape index (κ2) is 5.35. The lowest BCUT2D eigenvalue weighted by molar-refractivity contribution is -0.143. The molecule has 0 bridgehead atoms. The van der Waals surface area contributed by atoms with E-state index in [1.54, 1.807) is 0 Å². The molecule has 0 saturated carbocycles. The third-order valence-corrected chi connectivity index (χ3v) is 5.34. The molecule has 0 spiro atoms. The third-order valence-electron chi connectivity index (χ3n) is 4.15. The summed E-state index contributed by atoms with van der Waals surface area (Å²) in [6, 6.07) is 5.73. The number of fused-ring (bicyclic) bond motifs is 1. The Labute approximate surface area is 132 Å². The molecule has 0 radical (unpaired) electrons. The zero-order valence-electron chi connectivity index (χ0n) is 12.4. The number of amides is 1. The Balaban J connectivity index is 1.97. The SMILES string of the molecule is Cc1c(C(=O)NC2(C(=O)O)CCSC2)oc2c(C)cccc12. The van der Waals surface area contributed by atoms with E-state index in [0.29, 0.717) is 17.8 Å². The summed E-state index contributed by atoms with van der Waals surface area (Å²) in [5.74, 6) is -0.146. The number of nitrogens with one attached hydrogen (secondary N) is 1. The highest BCUT2D eigenvalue weighted by atomic mass is 32.2. The van der Waals surface area contributed by atoms with Crippen molar-refractivity contribution in [2.24, 2.45) is 0 Å². The van der Waals surface area contributed by atoms with E-state index < -0.39 is 17.4 Å². The molecule has 1 saturated heterocycles. The maximum atomic E-state index is 12.5. The summed E-state index contributed by atoms with van der Waals surface area (Å²) < 4.78 is 5.71. The second-order valence-corrected chi connectivity index (χ2v) is 6.76. The number of furan rings is 1. The number of rotatable bonds is 3. The van der Waals surface area contributed by atoms with E-state index in [2.05, 4.69) is 5.32 Å². The van der Waals surface area contributed by atoms with Gasteiger partial charge in [-0.1, -0.05) is 18.2 Å². The van der Waals surface area contributed by atoms with Gasteiger partial charge in [-0.25, -0.2) is 4.79 Å². The number of thioether (sulfide) groups is 1. The minimum Gasteiger partial charge on any atom is -0.479 e. The van der Waals surface area contributed by atoms with Gasteiger partial charge in [0.2, 0.25) is 0 Å². The van der Waals surface area contributed by atoms with Crippen LogP contribution in [-0.2, 0) is 4.79 Å². The molecular formula is C16H17NO4S. The predicted molar refractivity (Wildman–Crippen MR) is 85.5 cm³/mol. The molecule has 2 heterocycles. The van der Waals surface area contributed by atoms with Crippen molar-refractivity contribution in [3.63, 3.8) is 0 Å². The number of carboxylic acid groups (broad SMARTS) is 1. The zero-order valence-corrected chi connectivity index (χ0v) is 13.3. The van der Waals surface area contributed by atoms with Crippen LogP contribution >= 0.6 is 11.8 Å². The van der Waals surface area contributed by atoms with Crippen molar-refractivity contribution >= 4 is 34.6 Å². The molecule has 5 nitrogen and oxygen atoms in total. The summed E-state index contributed by atoms with van der Waals surface area (Å²) in [5, 5.41) is 13.0. The number of carbonyl (C=O) groups is 2. The monoisotopic (exact) mass is 319 g/mol. The van der Waals surface area contributed by atoms with Crippen LogP contribution in [0.5, 0.6) is 0 Å². The molecule has 1 atom stereocenters. The molecule has 1 aliphatic heterocycles. The molecule has 3 rings (SSSR count). The van der Waals surface area contributed by atoms with Gasteiger partial charge in [0.1, 0.15) is 11.1 Å². The Morgan fingerprint density at radius 1 is 1.36 bits per heavy atom. The number of carbonyl (C=O) groups excluding carboxylic acids is 1. The fourth-order valence-corrected chi connectivity index (χ4v) is 4.09. The maximum Gasteiger partial charge on any atom is 0.330 e. The summed E-state index contributed by atoms with van der Waals surface area (Å²) in [4.78, 5) is 24.1. The third kappa shape index (κ3) is 2.27. The van der Waals surface area contributed by atoms with Gasteiger partial charge < -0.3 is 14.8 Å². The van der Waals surface area contributed by atoms with Crippen molar-refractivity contribution in [2.75, 3.05) is 11.5 Å². The van der Waals surface area contributed by atoms with E-state index in [1.807, 2.05) is 32.0 Å². The van der Waals surface area contributed by atoms with Crippen molar-refractivity contribution in [3.8, 4) is 0 Å². The van der Waals surface area contributed by atoms with Crippen LogP contribution in [0.3, 0.4) is 0 Å². The molecule has 6 heteroatoms. The van der Waals surface area contributed by atoms with Gasteiger partial charge in [-0.3, -0.25) is 4.79 Å². The average molecular weight is 319 g/mol. The van der Waals surface area contributed by atoms with Crippen LogP contribution in [-0.4, -0.2) is 34.0 Å². The van der Waals surface area contributed by atoms with E-state index >= 15 is 0 Å². The number of para-hydroxylation sites is 1. The molecule has 2 aromatic rings. The van der Waals surface area contributed by atoms with Crippen molar-refractivity contribution in [1.82, 2.24) is 5.32 Å². The molecule has 22 heavy (non-hydrogen) atoms. The van der Waals surface area contributed by atoms with Crippen molar-refractivity contribution < 1.29 is 19.1 Å². The van der Waals surface area contributed by atoms with E-state index in [1.165, 1.54) is 11.8 Å². The molecule has 116 valence electrons. The first-order chi connectivity index (χ1) is 10.4. The highest BCUT2D eigenvalue weighted by Gasteiger charge is 2.44. The number of carboxylic acids is 1. The summed E-state index contributed by atoms with van der Waals surface area (Å²) in [6.07, 6.45) is 0.428. The molecule has 0 aliphatic carbocycles. The molecule has 1 aromatic heterocycles. The fraction of sp³-hybridized carbons (Fsp3) is 0.375. The Morgan fingerprint density at radius 2 is 2.14 bits per heavy atom. The Morgan fingerprint density at radius 3 is 2.73 bits per heavy atom. The van der Waals surface area contributed by atoms with Crippen LogP contribution in [0.2, 0.25) is 0 Å². The fourth-order valence-electron chi connectivity index (χ4n) is 2.76. The Kier molecular flexibility index (Phi) is 3.64.